The minimum atomic E-state index is -3.91. The van der Waals surface area contributed by atoms with Gasteiger partial charge < -0.3 is 0 Å². The minimum Gasteiger partial charge on any atom is -0.294 e. The van der Waals surface area contributed by atoms with E-state index in [-0.39, 0.29) is 23.8 Å². The summed E-state index contributed by atoms with van der Waals surface area (Å²) < 4.78 is 40.4. The monoisotopic (exact) mass is 313 g/mol. The molecule has 4 nitrogen and oxygen atoms in total. The molecule has 0 aliphatic heterocycles. The average Bonchev–Trinajstić information content (AvgIpc) is 3.28. The Balaban J connectivity index is 2.16. The van der Waals surface area contributed by atoms with Crippen molar-refractivity contribution < 1.29 is 17.6 Å². The van der Waals surface area contributed by atoms with E-state index in [0.29, 0.717) is 6.42 Å². The highest BCUT2D eigenvalue weighted by Gasteiger charge is 2.31. The quantitative estimate of drug-likeness (QED) is 0.593. The van der Waals surface area contributed by atoms with Crippen molar-refractivity contribution in [3.8, 4) is 0 Å². The molecule has 0 heterocycles. The molecule has 0 amide bonds. The fourth-order valence-corrected chi connectivity index (χ4v) is 3.28. The van der Waals surface area contributed by atoms with E-state index in [1.807, 2.05) is 6.92 Å². The number of sulfonamides is 1. The molecule has 0 atom stereocenters. The van der Waals surface area contributed by atoms with E-state index in [4.69, 9.17) is 0 Å². The third kappa shape index (κ3) is 4.11. The molecule has 0 spiro atoms. The van der Waals surface area contributed by atoms with Crippen LogP contribution in [-0.2, 0) is 10.0 Å². The van der Waals surface area contributed by atoms with Crippen LogP contribution in [0.15, 0.2) is 23.1 Å². The molecule has 1 saturated carbocycles. The predicted molar refractivity (Wildman–Crippen MR) is 78.2 cm³/mol. The van der Waals surface area contributed by atoms with Crippen molar-refractivity contribution in [1.82, 2.24) is 4.72 Å². The lowest BCUT2D eigenvalue weighted by Gasteiger charge is -2.09. The molecule has 0 bridgehead atoms. The zero-order valence-electron chi connectivity index (χ0n) is 12.1. The number of rotatable bonds is 8. The molecule has 1 N–H and O–H groups in total. The summed E-state index contributed by atoms with van der Waals surface area (Å²) in [4.78, 5) is 11.5. The van der Waals surface area contributed by atoms with Gasteiger partial charge in [0.25, 0.3) is 0 Å². The Morgan fingerprint density at radius 2 is 2.05 bits per heavy atom. The van der Waals surface area contributed by atoms with E-state index in [2.05, 4.69) is 4.72 Å². The summed E-state index contributed by atoms with van der Waals surface area (Å²) in [5.74, 6) is -0.952. The summed E-state index contributed by atoms with van der Waals surface area (Å²) >= 11 is 0. The molecule has 1 aromatic rings. The summed E-state index contributed by atoms with van der Waals surface area (Å²) in [6, 6.07) is 3.56. The number of hydrogen-bond acceptors (Lipinski definition) is 3. The number of ketones is 1. The van der Waals surface area contributed by atoms with Gasteiger partial charge in [0.15, 0.2) is 5.78 Å². The van der Waals surface area contributed by atoms with Gasteiger partial charge in [-0.25, -0.2) is 17.5 Å². The standard InChI is InChI=1S/C15H20FNO3S/c1-2-3-4-9-17-21(19,20)14-10-12(7-8-13(14)16)15(18)11-5-6-11/h7-8,10-11,17H,2-6,9H2,1H3. The maximum Gasteiger partial charge on any atom is 0.243 e. The van der Waals surface area contributed by atoms with Crippen molar-refractivity contribution in [2.24, 2.45) is 5.92 Å². The van der Waals surface area contributed by atoms with Crippen molar-refractivity contribution in [1.29, 1.82) is 0 Å². The van der Waals surface area contributed by atoms with E-state index in [9.17, 15) is 17.6 Å². The number of Topliss-reactive ketones (excluding diaryl/α,β-unsaturated/α-hetero) is 1. The van der Waals surface area contributed by atoms with Gasteiger partial charge in [0.05, 0.1) is 0 Å². The molecule has 21 heavy (non-hydrogen) atoms. The molecule has 116 valence electrons. The first-order chi connectivity index (χ1) is 9.95. The molecule has 1 aliphatic carbocycles. The topological polar surface area (TPSA) is 63.2 Å². The number of benzene rings is 1. The van der Waals surface area contributed by atoms with Crippen LogP contribution >= 0.6 is 0 Å². The second-order valence-corrected chi connectivity index (χ2v) is 7.12. The molecule has 1 aromatic carbocycles. The Morgan fingerprint density at radius 1 is 1.33 bits per heavy atom. The Morgan fingerprint density at radius 3 is 2.67 bits per heavy atom. The van der Waals surface area contributed by atoms with E-state index in [1.165, 1.54) is 6.07 Å². The Kier molecular flexibility index (Phi) is 5.11. The molecule has 0 radical (unpaired) electrons. The van der Waals surface area contributed by atoms with Crippen molar-refractivity contribution in [3.63, 3.8) is 0 Å². The molecular formula is C15H20FNO3S. The van der Waals surface area contributed by atoms with Crippen LogP contribution in [0, 0.1) is 11.7 Å². The van der Waals surface area contributed by atoms with Gasteiger partial charge in [0.2, 0.25) is 10.0 Å². The first kappa shape index (κ1) is 16.1. The van der Waals surface area contributed by atoms with Gasteiger partial charge in [0.1, 0.15) is 10.7 Å². The van der Waals surface area contributed by atoms with Gasteiger partial charge in [-0.05, 0) is 37.5 Å². The fourth-order valence-electron chi connectivity index (χ4n) is 2.10. The van der Waals surface area contributed by atoms with Crippen LogP contribution in [0.2, 0.25) is 0 Å². The maximum atomic E-state index is 13.8. The smallest absolute Gasteiger partial charge is 0.243 e. The SMILES string of the molecule is CCCCCNS(=O)(=O)c1cc(C(=O)C2CC2)ccc1F. The second-order valence-electron chi connectivity index (χ2n) is 5.39. The zero-order chi connectivity index (χ0) is 15.5. The van der Waals surface area contributed by atoms with Crippen molar-refractivity contribution >= 4 is 15.8 Å². The van der Waals surface area contributed by atoms with Crippen molar-refractivity contribution in [3.05, 3.63) is 29.6 Å². The van der Waals surface area contributed by atoms with Gasteiger partial charge in [-0.1, -0.05) is 19.8 Å². The molecule has 0 unspecified atom stereocenters. The summed E-state index contributed by atoms with van der Waals surface area (Å²) in [6.45, 7) is 2.29. The average molecular weight is 313 g/mol. The van der Waals surface area contributed by atoms with Gasteiger partial charge in [-0.3, -0.25) is 4.79 Å². The van der Waals surface area contributed by atoms with Crippen LogP contribution in [0.5, 0.6) is 0 Å². The predicted octanol–water partition coefficient (Wildman–Crippen LogP) is 2.89. The number of carbonyl (C=O) groups is 1. The summed E-state index contributed by atoms with van der Waals surface area (Å²) in [6.07, 6.45) is 4.24. The number of halogens is 1. The Bertz CT molecular complexity index is 624. The van der Waals surface area contributed by atoms with Crippen LogP contribution in [0.4, 0.5) is 4.39 Å². The second kappa shape index (κ2) is 6.66. The Hall–Kier alpha value is -1.27. The van der Waals surface area contributed by atoms with E-state index >= 15 is 0 Å². The van der Waals surface area contributed by atoms with E-state index in [0.717, 1.165) is 37.8 Å². The number of hydrogen-bond donors (Lipinski definition) is 1. The molecule has 1 fully saturated rings. The van der Waals surface area contributed by atoms with Gasteiger partial charge in [-0.15, -0.1) is 0 Å². The summed E-state index contributed by atoms with van der Waals surface area (Å²) in [5, 5.41) is 0. The van der Waals surface area contributed by atoms with Crippen LogP contribution in [0.3, 0.4) is 0 Å². The zero-order valence-corrected chi connectivity index (χ0v) is 12.9. The first-order valence-electron chi connectivity index (χ1n) is 7.29. The van der Waals surface area contributed by atoms with Crippen molar-refractivity contribution in [2.75, 3.05) is 6.54 Å². The minimum absolute atomic E-state index is 0.0245. The molecule has 0 saturated heterocycles. The lowest BCUT2D eigenvalue weighted by molar-refractivity contribution is 0.0967. The van der Waals surface area contributed by atoms with Crippen molar-refractivity contribution in [2.45, 2.75) is 43.9 Å². The van der Waals surface area contributed by atoms with E-state index < -0.39 is 20.7 Å². The van der Waals surface area contributed by atoms with Crippen LogP contribution < -0.4 is 4.72 Å². The lowest BCUT2D eigenvalue weighted by Crippen LogP contribution is -2.26. The molecule has 0 aromatic heterocycles. The highest BCUT2D eigenvalue weighted by Crippen LogP contribution is 2.33. The third-order valence-corrected chi connectivity index (χ3v) is 5.00. The van der Waals surface area contributed by atoms with Crippen LogP contribution in [0.1, 0.15) is 49.4 Å². The molecule has 1 aliphatic rings. The normalized spacial score (nSPS) is 15.1. The summed E-state index contributed by atoms with van der Waals surface area (Å²) in [5.41, 5.74) is 0.271. The van der Waals surface area contributed by atoms with E-state index in [1.54, 1.807) is 0 Å². The molecule has 6 heteroatoms. The third-order valence-electron chi connectivity index (χ3n) is 3.53. The summed E-state index contributed by atoms with van der Waals surface area (Å²) in [7, 11) is -3.91. The fraction of sp³-hybridized carbons (Fsp3) is 0.533. The lowest BCUT2D eigenvalue weighted by atomic mass is 10.1. The highest BCUT2D eigenvalue weighted by atomic mass is 32.2. The largest absolute Gasteiger partial charge is 0.294 e. The molecular weight excluding hydrogens is 293 g/mol. The van der Waals surface area contributed by atoms with Crippen LogP contribution in [0.25, 0.3) is 0 Å². The number of unbranched alkanes of at least 4 members (excludes halogenated alkanes) is 2. The highest BCUT2D eigenvalue weighted by molar-refractivity contribution is 7.89. The first-order valence-corrected chi connectivity index (χ1v) is 8.77. The van der Waals surface area contributed by atoms with Crippen LogP contribution in [-0.4, -0.2) is 20.7 Å². The molecule has 2 rings (SSSR count). The maximum absolute atomic E-state index is 13.8. The van der Waals surface area contributed by atoms with Gasteiger partial charge >= 0.3 is 0 Å². The Labute approximate surface area is 124 Å². The number of nitrogens with one attached hydrogen (secondary N) is 1. The van der Waals surface area contributed by atoms with Gasteiger partial charge in [-0.2, -0.15) is 0 Å². The number of carbonyl (C=O) groups excluding carboxylic acids is 1. The van der Waals surface area contributed by atoms with Gasteiger partial charge in [0, 0.05) is 18.0 Å².